The molecule has 2 aliphatic rings. The number of carboxylic acids is 1. The average Bonchev–Trinajstić information content (AvgIpc) is 3.52. The number of rotatable bonds is 9. The summed E-state index contributed by atoms with van der Waals surface area (Å²) >= 11 is 0. The number of aromatic nitrogens is 1. The van der Waals surface area contributed by atoms with Gasteiger partial charge in [-0.05, 0) is 85.5 Å². The van der Waals surface area contributed by atoms with Gasteiger partial charge in [-0.1, -0.05) is 42.5 Å². The number of aromatic amines is 1. The Hall–Kier alpha value is -4.61. The van der Waals surface area contributed by atoms with Gasteiger partial charge in [0.05, 0.1) is 13.2 Å². The third-order valence-corrected chi connectivity index (χ3v) is 9.67. The molecule has 1 unspecified atom stereocenters. The molecule has 1 spiro atoms. The number of fused-ring (bicyclic) bond motifs is 1. The number of amides is 1. The fourth-order valence-corrected chi connectivity index (χ4v) is 7.28. The van der Waals surface area contributed by atoms with E-state index in [-0.39, 0.29) is 23.8 Å². The van der Waals surface area contributed by atoms with E-state index in [1.165, 1.54) is 0 Å². The molecule has 226 valence electrons. The van der Waals surface area contributed by atoms with E-state index >= 15 is 0 Å². The van der Waals surface area contributed by atoms with E-state index in [4.69, 9.17) is 4.74 Å². The fraction of sp³-hybridized carbons (Fsp3) is 0.361. The van der Waals surface area contributed by atoms with Crippen LogP contribution < -0.4 is 10.1 Å². The maximum Gasteiger partial charge on any atom is 0.326 e. The molecule has 2 fully saturated rings. The van der Waals surface area contributed by atoms with Crippen LogP contribution in [0.2, 0.25) is 0 Å². The molecule has 0 radical (unpaired) electrons. The summed E-state index contributed by atoms with van der Waals surface area (Å²) in [6, 6.07) is 22.6. The van der Waals surface area contributed by atoms with Crippen LogP contribution in [0.3, 0.4) is 0 Å². The third kappa shape index (κ3) is 5.80. The van der Waals surface area contributed by atoms with Crippen LogP contribution in [-0.4, -0.2) is 46.6 Å². The molecule has 2 atom stereocenters. The summed E-state index contributed by atoms with van der Waals surface area (Å²) in [5.41, 5.74) is 5.93. The predicted molar refractivity (Wildman–Crippen MR) is 168 cm³/mol. The summed E-state index contributed by atoms with van der Waals surface area (Å²) in [6.45, 7) is 3.69. The number of hydrogen-bond acceptors (Lipinski definition) is 5. The minimum Gasteiger partial charge on any atom is -0.496 e. The number of carboxylic acid groups (broad SMARTS) is 1. The minimum atomic E-state index is -1.07. The molecule has 0 bridgehead atoms. The largest absolute Gasteiger partial charge is 0.496 e. The number of methoxy groups -OCH3 is 1. The number of benzene rings is 3. The zero-order valence-corrected chi connectivity index (χ0v) is 25.2. The smallest absolute Gasteiger partial charge is 0.326 e. The predicted octanol–water partition coefficient (Wildman–Crippen LogP) is 6.17. The van der Waals surface area contributed by atoms with Crippen LogP contribution in [0.5, 0.6) is 5.75 Å². The molecule has 1 aliphatic carbocycles. The molecule has 1 amide bonds. The van der Waals surface area contributed by atoms with E-state index in [1.807, 2.05) is 48.7 Å². The Morgan fingerprint density at radius 1 is 1.14 bits per heavy atom. The van der Waals surface area contributed by atoms with Crippen LogP contribution >= 0.6 is 0 Å². The Labute approximate surface area is 257 Å². The van der Waals surface area contributed by atoms with Crippen molar-refractivity contribution in [3.63, 3.8) is 0 Å². The van der Waals surface area contributed by atoms with Gasteiger partial charge in [0, 0.05) is 53.2 Å². The van der Waals surface area contributed by atoms with Crippen molar-refractivity contribution in [2.75, 3.05) is 13.7 Å². The van der Waals surface area contributed by atoms with Crippen molar-refractivity contribution < 1.29 is 19.4 Å². The van der Waals surface area contributed by atoms with Crippen LogP contribution in [-0.2, 0) is 17.8 Å². The molecule has 8 heteroatoms. The maximum atomic E-state index is 13.1. The number of aryl methyl sites for hydroxylation is 1. The van der Waals surface area contributed by atoms with Gasteiger partial charge in [0.1, 0.15) is 11.8 Å². The first-order valence-corrected chi connectivity index (χ1v) is 15.2. The van der Waals surface area contributed by atoms with Gasteiger partial charge in [0.2, 0.25) is 0 Å². The van der Waals surface area contributed by atoms with E-state index in [1.54, 1.807) is 19.2 Å². The van der Waals surface area contributed by atoms with Crippen molar-refractivity contribution in [2.45, 2.75) is 57.7 Å². The number of nitriles is 1. The van der Waals surface area contributed by atoms with E-state index in [0.717, 1.165) is 71.1 Å². The van der Waals surface area contributed by atoms with Crippen molar-refractivity contribution >= 4 is 22.8 Å². The van der Waals surface area contributed by atoms with Crippen LogP contribution in [0.25, 0.3) is 10.9 Å². The lowest BCUT2D eigenvalue weighted by Crippen LogP contribution is -2.48. The van der Waals surface area contributed by atoms with Crippen molar-refractivity contribution in [1.82, 2.24) is 15.2 Å². The van der Waals surface area contributed by atoms with Crippen LogP contribution in [0, 0.1) is 29.6 Å². The zero-order valence-electron chi connectivity index (χ0n) is 25.2. The number of nitrogens with one attached hydrogen (secondary N) is 2. The van der Waals surface area contributed by atoms with Crippen LogP contribution in [0.15, 0.2) is 72.9 Å². The first-order chi connectivity index (χ1) is 21.3. The summed E-state index contributed by atoms with van der Waals surface area (Å²) < 4.78 is 5.85. The Balaban J connectivity index is 1.24. The topological polar surface area (TPSA) is 118 Å². The molecule has 1 saturated heterocycles. The lowest BCUT2D eigenvalue weighted by molar-refractivity contribution is -0.139. The molecular formula is C36H38N4O4. The maximum absolute atomic E-state index is 13.1. The summed E-state index contributed by atoms with van der Waals surface area (Å²) in [4.78, 5) is 30.9. The molecule has 3 N–H and O–H groups in total. The number of nitrogens with zero attached hydrogens (tertiary/aromatic N) is 2. The standard InChI is InChI=1S/C36H38N4O4/c1-23-16-32(44-2)29(28-12-14-38-33(23)28)22-40-15-13-36(18-25(19-36)21-37)20-31(40)26-8-10-27(11-9-26)34(41)39-30(35(42)43)17-24-6-4-3-5-7-24/h3-12,14,16,25,30-31,38H,13,15,17-20,22H2,1-2H3,(H,39,41)(H,42,43)/t25?,30-,31?,36?/m0/s1. The highest BCUT2D eigenvalue weighted by atomic mass is 16.5. The van der Waals surface area contributed by atoms with E-state index < -0.39 is 17.9 Å². The van der Waals surface area contributed by atoms with Crippen molar-refractivity contribution in [2.24, 2.45) is 11.3 Å². The highest BCUT2D eigenvalue weighted by Gasteiger charge is 2.49. The summed E-state index contributed by atoms with van der Waals surface area (Å²) in [7, 11) is 1.72. The minimum absolute atomic E-state index is 0.102. The van der Waals surface area contributed by atoms with Crippen LogP contribution in [0.1, 0.15) is 64.3 Å². The van der Waals surface area contributed by atoms with Crippen molar-refractivity contribution in [1.29, 1.82) is 5.26 Å². The van der Waals surface area contributed by atoms with E-state index in [0.29, 0.717) is 12.1 Å². The summed E-state index contributed by atoms with van der Waals surface area (Å²) in [6.07, 6.45) is 6.03. The van der Waals surface area contributed by atoms with Gasteiger partial charge in [-0.3, -0.25) is 9.69 Å². The SMILES string of the molecule is COc1cc(C)c2[nH]ccc2c1CN1CCC2(CC(C#N)C2)CC1c1ccc(C(=O)N[C@@H](Cc2ccccc2)C(=O)O)cc1. The first kappa shape index (κ1) is 29.5. The van der Waals surface area contributed by atoms with E-state index in [2.05, 4.69) is 40.3 Å². The lowest BCUT2D eigenvalue weighted by atomic mass is 9.56. The number of ether oxygens (including phenoxy) is 1. The van der Waals surface area contributed by atoms with Gasteiger partial charge in [-0.2, -0.15) is 5.26 Å². The monoisotopic (exact) mass is 590 g/mol. The van der Waals surface area contributed by atoms with Gasteiger partial charge >= 0.3 is 5.97 Å². The number of piperidine rings is 1. The zero-order chi connectivity index (χ0) is 30.8. The number of H-pyrrole nitrogens is 1. The molecule has 6 rings (SSSR count). The second kappa shape index (κ2) is 12.2. The van der Waals surface area contributed by atoms with Gasteiger partial charge in [0.25, 0.3) is 5.91 Å². The lowest BCUT2D eigenvalue weighted by Gasteiger charge is -2.53. The van der Waals surface area contributed by atoms with Gasteiger partial charge in [-0.25, -0.2) is 4.79 Å². The highest BCUT2D eigenvalue weighted by Crippen LogP contribution is 2.56. The Bertz CT molecular complexity index is 1700. The first-order valence-electron chi connectivity index (χ1n) is 15.2. The Morgan fingerprint density at radius 2 is 1.89 bits per heavy atom. The number of carbonyl (C=O) groups is 2. The Morgan fingerprint density at radius 3 is 2.57 bits per heavy atom. The highest BCUT2D eigenvalue weighted by molar-refractivity contribution is 5.96. The molecule has 4 aromatic rings. The van der Waals surface area contributed by atoms with E-state index in [9.17, 15) is 20.0 Å². The van der Waals surface area contributed by atoms with Gasteiger partial charge in [0.15, 0.2) is 0 Å². The fourth-order valence-electron chi connectivity index (χ4n) is 7.28. The Kier molecular flexibility index (Phi) is 8.15. The molecule has 8 nitrogen and oxygen atoms in total. The van der Waals surface area contributed by atoms with Crippen molar-refractivity contribution in [3.8, 4) is 11.8 Å². The molecule has 2 heterocycles. The molecule has 1 aromatic heterocycles. The number of hydrogen-bond donors (Lipinski definition) is 3. The molecule has 1 saturated carbocycles. The number of aliphatic carboxylic acids is 1. The summed E-state index contributed by atoms with van der Waals surface area (Å²) in [5.74, 6) is -0.478. The molecule has 3 aromatic carbocycles. The van der Waals surface area contributed by atoms with Gasteiger partial charge < -0.3 is 20.1 Å². The molecule has 1 aliphatic heterocycles. The average molecular weight is 591 g/mol. The second-order valence-corrected chi connectivity index (χ2v) is 12.5. The second-order valence-electron chi connectivity index (χ2n) is 12.5. The third-order valence-electron chi connectivity index (χ3n) is 9.67. The van der Waals surface area contributed by atoms with Crippen molar-refractivity contribution in [3.05, 3.63) is 101 Å². The quantitative estimate of drug-likeness (QED) is 0.215. The van der Waals surface area contributed by atoms with Crippen LogP contribution in [0.4, 0.5) is 0 Å². The molecular weight excluding hydrogens is 552 g/mol. The molecule has 44 heavy (non-hydrogen) atoms. The normalized spacial score (nSPS) is 22.2. The van der Waals surface area contributed by atoms with Gasteiger partial charge in [-0.15, -0.1) is 0 Å². The number of likely N-dealkylation sites (tertiary alicyclic amines) is 1. The summed E-state index contributed by atoms with van der Waals surface area (Å²) in [5, 5.41) is 23.1. The number of carbonyl (C=O) groups excluding carboxylic acids is 1.